The summed E-state index contributed by atoms with van der Waals surface area (Å²) in [5, 5.41) is 13.8. The molecule has 3 aliphatic heterocycles. The third-order valence-electron chi connectivity index (χ3n) is 6.50. The van der Waals surface area contributed by atoms with E-state index in [-0.39, 0.29) is 36.2 Å². The number of nitrogens with zero attached hydrogens (tertiary/aromatic N) is 4. The summed E-state index contributed by atoms with van der Waals surface area (Å²) in [5.74, 6) is 0.485. The molecule has 188 valence electrons. The van der Waals surface area contributed by atoms with Gasteiger partial charge in [0.2, 0.25) is 6.79 Å². The quantitative estimate of drug-likeness (QED) is 0.266. The molecular weight excluding hydrogens is 470 g/mol. The number of benzene rings is 2. The standard InChI is InChI=1S/C24H25N5O7/c30-22-18-4-3-17(29(33)34)13-19(18)23(31)28(22)7-1-6-25-24(32)27-10-8-26(9-11-27)14-16-2-5-20-21(12-16)36-15-35-20/h2-5,12-13H,1,6-11,14-15H2,(H,25,32). The number of ether oxygens (including phenoxy) is 2. The summed E-state index contributed by atoms with van der Waals surface area (Å²) < 4.78 is 10.8. The number of carbonyl (C=O) groups excluding carboxylic acids is 3. The van der Waals surface area contributed by atoms with Crippen LogP contribution < -0.4 is 14.8 Å². The maximum atomic E-state index is 12.6. The third kappa shape index (κ3) is 4.67. The minimum absolute atomic E-state index is 0.0388. The van der Waals surface area contributed by atoms with Crippen molar-refractivity contribution in [2.24, 2.45) is 0 Å². The Labute approximate surface area is 206 Å². The van der Waals surface area contributed by atoms with Crippen LogP contribution in [0.1, 0.15) is 32.7 Å². The number of nitrogens with one attached hydrogen (secondary N) is 1. The van der Waals surface area contributed by atoms with Crippen molar-refractivity contribution in [3.8, 4) is 11.5 Å². The van der Waals surface area contributed by atoms with Crippen LogP contribution in [0, 0.1) is 10.1 Å². The Morgan fingerprint density at radius 3 is 2.50 bits per heavy atom. The number of rotatable bonds is 7. The van der Waals surface area contributed by atoms with Crippen molar-refractivity contribution in [2.75, 3.05) is 46.1 Å². The average molecular weight is 495 g/mol. The lowest BCUT2D eigenvalue weighted by Crippen LogP contribution is -2.51. The van der Waals surface area contributed by atoms with E-state index in [1.807, 2.05) is 18.2 Å². The molecule has 0 atom stereocenters. The molecule has 2 aromatic carbocycles. The Morgan fingerprint density at radius 2 is 1.72 bits per heavy atom. The summed E-state index contributed by atoms with van der Waals surface area (Å²) in [4.78, 5) is 53.0. The molecule has 36 heavy (non-hydrogen) atoms. The van der Waals surface area contributed by atoms with Crippen molar-refractivity contribution in [1.29, 1.82) is 0 Å². The molecule has 5 rings (SSSR count). The SMILES string of the molecule is O=C(NCCCN1C(=O)c2ccc([N+](=O)[O-])cc2C1=O)N1CCN(Cc2ccc3c(c2)OCO3)CC1. The summed E-state index contributed by atoms with van der Waals surface area (Å²) in [5.41, 5.74) is 1.09. The zero-order valence-corrected chi connectivity index (χ0v) is 19.5. The summed E-state index contributed by atoms with van der Waals surface area (Å²) in [6.07, 6.45) is 0.378. The van der Waals surface area contributed by atoms with Crippen LogP contribution in [0.5, 0.6) is 11.5 Å². The lowest BCUT2D eigenvalue weighted by molar-refractivity contribution is -0.384. The van der Waals surface area contributed by atoms with Gasteiger partial charge in [-0.1, -0.05) is 6.07 Å². The number of non-ortho nitro benzene ring substituents is 1. The fourth-order valence-electron chi connectivity index (χ4n) is 4.55. The molecule has 12 heteroatoms. The minimum atomic E-state index is -0.604. The molecule has 0 radical (unpaired) electrons. The molecule has 0 aliphatic carbocycles. The highest BCUT2D eigenvalue weighted by atomic mass is 16.7. The zero-order chi connectivity index (χ0) is 25.2. The van der Waals surface area contributed by atoms with E-state index in [4.69, 9.17) is 9.47 Å². The van der Waals surface area contributed by atoms with E-state index in [0.29, 0.717) is 26.1 Å². The Kier molecular flexibility index (Phi) is 6.42. The number of hydrogen-bond acceptors (Lipinski definition) is 8. The van der Waals surface area contributed by atoms with Crippen molar-refractivity contribution in [2.45, 2.75) is 13.0 Å². The van der Waals surface area contributed by atoms with Gasteiger partial charge in [-0.2, -0.15) is 0 Å². The van der Waals surface area contributed by atoms with E-state index >= 15 is 0 Å². The Hall–Kier alpha value is -4.19. The zero-order valence-electron chi connectivity index (χ0n) is 19.5. The number of piperazine rings is 1. The van der Waals surface area contributed by atoms with Crippen molar-refractivity contribution < 1.29 is 28.8 Å². The van der Waals surface area contributed by atoms with Gasteiger partial charge in [0.1, 0.15) is 0 Å². The van der Waals surface area contributed by atoms with Gasteiger partial charge in [-0.25, -0.2) is 4.79 Å². The van der Waals surface area contributed by atoms with Crippen LogP contribution in [-0.4, -0.2) is 83.5 Å². The van der Waals surface area contributed by atoms with Crippen LogP contribution >= 0.6 is 0 Å². The minimum Gasteiger partial charge on any atom is -0.454 e. The van der Waals surface area contributed by atoms with Crippen molar-refractivity contribution in [3.05, 3.63) is 63.2 Å². The fraction of sp³-hybridized carbons (Fsp3) is 0.375. The van der Waals surface area contributed by atoms with Gasteiger partial charge in [0.05, 0.1) is 16.1 Å². The molecule has 0 spiro atoms. The summed E-state index contributed by atoms with van der Waals surface area (Å²) in [7, 11) is 0. The number of amides is 4. The van der Waals surface area contributed by atoms with Crippen LogP contribution in [0.4, 0.5) is 10.5 Å². The number of carbonyl (C=O) groups is 3. The van der Waals surface area contributed by atoms with Gasteiger partial charge < -0.3 is 19.7 Å². The molecule has 0 saturated carbocycles. The summed E-state index contributed by atoms with van der Waals surface area (Å²) in [6.45, 7) is 4.08. The van der Waals surface area contributed by atoms with Crippen LogP contribution in [0.2, 0.25) is 0 Å². The van der Waals surface area contributed by atoms with Crippen molar-refractivity contribution in [3.63, 3.8) is 0 Å². The van der Waals surface area contributed by atoms with Gasteiger partial charge in [-0.3, -0.25) is 29.5 Å². The van der Waals surface area contributed by atoms with Gasteiger partial charge in [-0.15, -0.1) is 0 Å². The second-order valence-electron chi connectivity index (χ2n) is 8.79. The van der Waals surface area contributed by atoms with Crippen LogP contribution in [-0.2, 0) is 6.54 Å². The first-order chi connectivity index (χ1) is 17.4. The monoisotopic (exact) mass is 495 g/mol. The van der Waals surface area contributed by atoms with Gasteiger partial charge in [-0.05, 0) is 30.2 Å². The van der Waals surface area contributed by atoms with Crippen molar-refractivity contribution >= 4 is 23.5 Å². The normalized spacial score (nSPS) is 16.9. The van der Waals surface area contributed by atoms with Crippen LogP contribution in [0.3, 0.4) is 0 Å². The second-order valence-corrected chi connectivity index (χ2v) is 8.79. The fourth-order valence-corrected chi connectivity index (χ4v) is 4.55. The molecule has 0 unspecified atom stereocenters. The maximum Gasteiger partial charge on any atom is 0.317 e. The molecule has 0 aromatic heterocycles. The van der Waals surface area contributed by atoms with Crippen LogP contribution in [0.25, 0.3) is 0 Å². The molecule has 3 heterocycles. The number of nitro groups is 1. The van der Waals surface area contributed by atoms with Crippen LogP contribution in [0.15, 0.2) is 36.4 Å². The van der Waals surface area contributed by atoms with Gasteiger partial charge in [0.25, 0.3) is 17.5 Å². The predicted molar refractivity (Wildman–Crippen MR) is 126 cm³/mol. The molecule has 1 saturated heterocycles. The Morgan fingerprint density at radius 1 is 0.972 bits per heavy atom. The smallest absolute Gasteiger partial charge is 0.317 e. The molecule has 1 fully saturated rings. The highest BCUT2D eigenvalue weighted by Crippen LogP contribution is 2.33. The number of fused-ring (bicyclic) bond motifs is 2. The molecule has 12 nitrogen and oxygen atoms in total. The third-order valence-corrected chi connectivity index (χ3v) is 6.50. The summed E-state index contributed by atoms with van der Waals surface area (Å²) >= 11 is 0. The van der Waals surface area contributed by atoms with Crippen molar-refractivity contribution in [1.82, 2.24) is 20.0 Å². The second kappa shape index (κ2) is 9.82. The number of imide groups is 1. The molecule has 2 aromatic rings. The maximum absolute atomic E-state index is 12.6. The first-order valence-corrected chi connectivity index (χ1v) is 11.7. The number of hydrogen-bond donors (Lipinski definition) is 1. The first-order valence-electron chi connectivity index (χ1n) is 11.7. The predicted octanol–water partition coefficient (Wildman–Crippen LogP) is 1.84. The average Bonchev–Trinajstić information content (AvgIpc) is 3.44. The van der Waals surface area contributed by atoms with E-state index in [2.05, 4.69) is 10.2 Å². The van der Waals surface area contributed by atoms with E-state index < -0.39 is 16.7 Å². The Balaban J connectivity index is 1.04. The number of urea groups is 1. The number of nitro benzene ring substituents is 1. The molecular formula is C24H25N5O7. The largest absolute Gasteiger partial charge is 0.454 e. The van der Waals surface area contributed by atoms with E-state index in [1.165, 1.54) is 12.1 Å². The lowest BCUT2D eigenvalue weighted by atomic mass is 10.1. The molecule has 0 bridgehead atoms. The van der Waals surface area contributed by atoms with E-state index in [9.17, 15) is 24.5 Å². The first kappa shape index (κ1) is 23.5. The highest BCUT2D eigenvalue weighted by molar-refractivity contribution is 6.21. The highest BCUT2D eigenvalue weighted by Gasteiger charge is 2.36. The topological polar surface area (TPSA) is 135 Å². The van der Waals surface area contributed by atoms with E-state index in [0.717, 1.165) is 47.7 Å². The molecule has 3 aliphatic rings. The lowest BCUT2D eigenvalue weighted by Gasteiger charge is -2.34. The van der Waals surface area contributed by atoms with E-state index in [1.54, 1.807) is 4.90 Å². The van der Waals surface area contributed by atoms with Gasteiger partial charge in [0.15, 0.2) is 11.5 Å². The summed E-state index contributed by atoms with van der Waals surface area (Å²) in [6, 6.07) is 9.37. The molecule has 4 amide bonds. The Bertz CT molecular complexity index is 1230. The van der Waals surface area contributed by atoms with Gasteiger partial charge >= 0.3 is 6.03 Å². The molecule has 1 N–H and O–H groups in total. The van der Waals surface area contributed by atoms with Gasteiger partial charge in [0, 0.05) is 57.9 Å².